The standard InChI is InChI=1S/C21H20N4O3/c1-21(20(22)27)11-14(19(26)24-17-8-5-9-23-25-17)10-15-16(12-28-18(15)21)13-6-3-2-4-7-13/h2-10,16H,11-12H2,1H3,(H2,22,27)(H,24,25,26). The zero-order chi connectivity index (χ0) is 19.7. The van der Waals surface area contributed by atoms with Gasteiger partial charge in [0.25, 0.3) is 5.91 Å². The van der Waals surface area contributed by atoms with Crippen molar-refractivity contribution in [3.8, 4) is 0 Å². The summed E-state index contributed by atoms with van der Waals surface area (Å²) >= 11 is 0. The van der Waals surface area contributed by atoms with Crippen molar-refractivity contribution in [1.82, 2.24) is 10.2 Å². The van der Waals surface area contributed by atoms with Gasteiger partial charge in [0.2, 0.25) is 5.91 Å². The number of hydrogen-bond acceptors (Lipinski definition) is 5. The van der Waals surface area contributed by atoms with E-state index < -0.39 is 11.3 Å². The van der Waals surface area contributed by atoms with Gasteiger partial charge in [0.15, 0.2) is 5.82 Å². The van der Waals surface area contributed by atoms with Crippen LogP contribution in [0.5, 0.6) is 0 Å². The highest BCUT2D eigenvalue weighted by molar-refractivity contribution is 6.05. The largest absolute Gasteiger partial charge is 0.495 e. The normalized spacial score (nSPS) is 23.5. The number of rotatable bonds is 4. The van der Waals surface area contributed by atoms with Crippen LogP contribution in [0.3, 0.4) is 0 Å². The molecule has 0 saturated heterocycles. The van der Waals surface area contributed by atoms with E-state index in [1.807, 2.05) is 36.4 Å². The van der Waals surface area contributed by atoms with Gasteiger partial charge in [-0.15, -0.1) is 5.10 Å². The number of allylic oxidation sites excluding steroid dienone is 1. The molecule has 1 aliphatic heterocycles. The van der Waals surface area contributed by atoms with Gasteiger partial charge in [-0.05, 0) is 37.1 Å². The van der Waals surface area contributed by atoms with Crippen molar-refractivity contribution in [2.45, 2.75) is 19.3 Å². The first kappa shape index (κ1) is 17.9. The minimum absolute atomic E-state index is 0.0607. The Bertz CT molecular complexity index is 985. The summed E-state index contributed by atoms with van der Waals surface area (Å²) in [5, 5.41) is 10.4. The van der Waals surface area contributed by atoms with Crippen LogP contribution in [0, 0.1) is 5.41 Å². The van der Waals surface area contributed by atoms with Gasteiger partial charge in [0.05, 0.1) is 6.61 Å². The minimum atomic E-state index is -1.08. The molecule has 1 aliphatic carbocycles. The van der Waals surface area contributed by atoms with E-state index in [0.29, 0.717) is 23.8 Å². The number of amides is 2. The van der Waals surface area contributed by atoms with Crippen molar-refractivity contribution in [1.29, 1.82) is 0 Å². The minimum Gasteiger partial charge on any atom is -0.495 e. The van der Waals surface area contributed by atoms with Gasteiger partial charge in [-0.3, -0.25) is 9.59 Å². The fraction of sp³-hybridized carbons (Fsp3) is 0.238. The topological polar surface area (TPSA) is 107 Å². The molecule has 0 spiro atoms. The van der Waals surface area contributed by atoms with Crippen LogP contribution in [0.15, 0.2) is 71.6 Å². The van der Waals surface area contributed by atoms with Crippen LogP contribution in [0.1, 0.15) is 24.8 Å². The second-order valence-corrected chi connectivity index (χ2v) is 7.16. The Kier molecular flexibility index (Phi) is 4.43. The van der Waals surface area contributed by atoms with Crippen LogP contribution in [-0.2, 0) is 14.3 Å². The molecule has 3 N–H and O–H groups in total. The lowest BCUT2D eigenvalue weighted by molar-refractivity contribution is -0.126. The maximum absolute atomic E-state index is 12.8. The molecule has 2 aromatic rings. The van der Waals surface area contributed by atoms with Gasteiger partial charge in [0.1, 0.15) is 11.2 Å². The predicted molar refractivity (Wildman–Crippen MR) is 103 cm³/mol. The van der Waals surface area contributed by atoms with Crippen molar-refractivity contribution in [2.75, 3.05) is 11.9 Å². The summed E-state index contributed by atoms with van der Waals surface area (Å²) in [6, 6.07) is 13.2. The molecule has 0 bridgehead atoms. The second kappa shape index (κ2) is 6.92. The molecule has 1 aromatic heterocycles. The highest BCUT2D eigenvalue weighted by Crippen LogP contribution is 2.49. The van der Waals surface area contributed by atoms with Gasteiger partial charge in [-0.2, -0.15) is 5.10 Å². The first-order chi connectivity index (χ1) is 13.5. The Hall–Kier alpha value is -3.48. The Balaban J connectivity index is 1.72. The van der Waals surface area contributed by atoms with Gasteiger partial charge in [-0.25, -0.2) is 0 Å². The molecule has 2 atom stereocenters. The van der Waals surface area contributed by atoms with Gasteiger partial charge >= 0.3 is 0 Å². The number of nitrogens with one attached hydrogen (secondary N) is 1. The summed E-state index contributed by atoms with van der Waals surface area (Å²) < 4.78 is 5.93. The first-order valence-corrected chi connectivity index (χ1v) is 9.01. The van der Waals surface area contributed by atoms with Crippen molar-refractivity contribution in [3.63, 3.8) is 0 Å². The van der Waals surface area contributed by atoms with E-state index in [-0.39, 0.29) is 18.2 Å². The highest BCUT2D eigenvalue weighted by Gasteiger charge is 2.47. The van der Waals surface area contributed by atoms with E-state index in [9.17, 15) is 9.59 Å². The summed E-state index contributed by atoms with van der Waals surface area (Å²) in [6.07, 6.45) is 3.50. The van der Waals surface area contributed by atoms with Crippen molar-refractivity contribution in [2.24, 2.45) is 11.1 Å². The zero-order valence-electron chi connectivity index (χ0n) is 15.4. The van der Waals surface area contributed by atoms with E-state index in [4.69, 9.17) is 10.5 Å². The molecule has 7 heteroatoms. The molecule has 28 heavy (non-hydrogen) atoms. The summed E-state index contributed by atoms with van der Waals surface area (Å²) in [6.45, 7) is 2.13. The number of nitrogens with zero attached hydrogens (tertiary/aromatic N) is 2. The van der Waals surface area contributed by atoms with Crippen molar-refractivity contribution >= 4 is 17.6 Å². The highest BCUT2D eigenvalue weighted by atomic mass is 16.5. The zero-order valence-corrected chi connectivity index (χ0v) is 15.4. The third kappa shape index (κ3) is 3.05. The van der Waals surface area contributed by atoms with Crippen LogP contribution >= 0.6 is 0 Å². The fourth-order valence-electron chi connectivity index (χ4n) is 3.71. The molecule has 2 aliphatic rings. The molecular formula is C21H20N4O3. The van der Waals surface area contributed by atoms with E-state index in [1.165, 1.54) is 6.20 Å². The molecule has 1 aromatic carbocycles. The molecule has 0 saturated carbocycles. The third-order valence-electron chi connectivity index (χ3n) is 5.26. The molecule has 142 valence electrons. The van der Waals surface area contributed by atoms with E-state index >= 15 is 0 Å². The van der Waals surface area contributed by atoms with Crippen LogP contribution in [0.2, 0.25) is 0 Å². The molecule has 7 nitrogen and oxygen atoms in total. The lowest BCUT2D eigenvalue weighted by atomic mass is 9.73. The van der Waals surface area contributed by atoms with Gasteiger partial charge in [0, 0.05) is 23.3 Å². The van der Waals surface area contributed by atoms with Crippen molar-refractivity contribution in [3.05, 3.63) is 77.2 Å². The van der Waals surface area contributed by atoms with Gasteiger partial charge in [-0.1, -0.05) is 30.3 Å². The first-order valence-electron chi connectivity index (χ1n) is 9.01. The van der Waals surface area contributed by atoms with Crippen LogP contribution in [0.4, 0.5) is 5.82 Å². The number of carbonyl (C=O) groups excluding carboxylic acids is 2. The predicted octanol–water partition coefficient (Wildman–Crippen LogP) is 2.30. The monoisotopic (exact) mass is 376 g/mol. The number of carbonyl (C=O) groups is 2. The molecule has 0 radical (unpaired) electrons. The maximum atomic E-state index is 12.8. The number of primary amides is 1. The molecule has 0 fully saturated rings. The number of anilines is 1. The Morgan fingerprint density at radius 1 is 1.21 bits per heavy atom. The summed E-state index contributed by atoms with van der Waals surface area (Å²) in [7, 11) is 0. The quantitative estimate of drug-likeness (QED) is 0.851. The number of benzene rings is 1. The van der Waals surface area contributed by atoms with Crippen LogP contribution in [0.25, 0.3) is 0 Å². The number of ether oxygens (including phenoxy) is 1. The number of nitrogens with two attached hydrogens (primary N) is 1. The second-order valence-electron chi connectivity index (χ2n) is 7.16. The lowest BCUT2D eigenvalue weighted by Crippen LogP contribution is -2.40. The number of hydrogen-bond donors (Lipinski definition) is 2. The summed E-state index contributed by atoms with van der Waals surface area (Å²) in [5.41, 5.74) is 6.98. The summed E-state index contributed by atoms with van der Waals surface area (Å²) in [4.78, 5) is 25.2. The third-order valence-corrected chi connectivity index (χ3v) is 5.26. The molecule has 2 unspecified atom stereocenters. The Morgan fingerprint density at radius 3 is 2.68 bits per heavy atom. The average Bonchev–Trinajstić information content (AvgIpc) is 3.14. The molecule has 4 rings (SSSR count). The maximum Gasteiger partial charge on any atom is 0.252 e. The van der Waals surface area contributed by atoms with E-state index in [0.717, 1.165) is 11.1 Å². The summed E-state index contributed by atoms with van der Waals surface area (Å²) in [5.74, 6) is -0.0134. The van der Waals surface area contributed by atoms with Gasteiger partial charge < -0.3 is 15.8 Å². The van der Waals surface area contributed by atoms with Crippen LogP contribution in [-0.4, -0.2) is 28.6 Å². The SMILES string of the molecule is CC1(C(N)=O)CC(C(=O)Nc2cccnn2)=CC2=C1OCC2c1ccccc1. The fourth-order valence-corrected chi connectivity index (χ4v) is 3.71. The average molecular weight is 376 g/mol. The van der Waals surface area contributed by atoms with E-state index in [1.54, 1.807) is 19.1 Å². The smallest absolute Gasteiger partial charge is 0.252 e. The Labute approximate surface area is 162 Å². The van der Waals surface area contributed by atoms with E-state index in [2.05, 4.69) is 15.5 Å². The van der Waals surface area contributed by atoms with Crippen molar-refractivity contribution < 1.29 is 14.3 Å². The molecular weight excluding hydrogens is 356 g/mol. The molecule has 2 heterocycles. The Morgan fingerprint density at radius 2 is 2.00 bits per heavy atom. The molecule has 2 amide bonds. The lowest BCUT2D eigenvalue weighted by Gasteiger charge is -2.31. The van der Waals surface area contributed by atoms with Crippen LogP contribution < -0.4 is 11.1 Å². The number of aromatic nitrogens is 2.